The Balaban J connectivity index is 1.47. The van der Waals surface area contributed by atoms with Crippen molar-refractivity contribution in [1.82, 2.24) is 15.1 Å². The summed E-state index contributed by atoms with van der Waals surface area (Å²) in [6.45, 7) is 13.1. The van der Waals surface area contributed by atoms with Crippen LogP contribution in [0.2, 0.25) is 0 Å². The summed E-state index contributed by atoms with van der Waals surface area (Å²) in [4.78, 5) is 7.72. The summed E-state index contributed by atoms with van der Waals surface area (Å²) >= 11 is 0. The third-order valence-corrected chi connectivity index (χ3v) is 6.89. The molecule has 27 heavy (non-hydrogen) atoms. The van der Waals surface area contributed by atoms with Crippen LogP contribution in [-0.4, -0.2) is 69.2 Å². The Morgan fingerprint density at radius 2 is 1.85 bits per heavy atom. The minimum atomic E-state index is 0.738. The highest BCUT2D eigenvalue weighted by Crippen LogP contribution is 2.41. The van der Waals surface area contributed by atoms with E-state index in [0.29, 0.717) is 0 Å². The number of rotatable bonds is 6. The standard InChI is InChI=1S/C23H38N4/c1-3-10-27-18-21(15-19-6-8-24-9-7-19)22-16-20(4-5-23(22)27)17-26-13-11-25(2)12-14-26/h4-5,16,19,21,24H,3,6-15,17-18H2,1-2H3. The van der Waals surface area contributed by atoms with Gasteiger partial charge in [0.2, 0.25) is 0 Å². The van der Waals surface area contributed by atoms with Gasteiger partial charge in [-0.05, 0) is 68.9 Å². The number of hydrogen-bond acceptors (Lipinski definition) is 4. The highest BCUT2D eigenvalue weighted by Gasteiger charge is 2.31. The summed E-state index contributed by atoms with van der Waals surface area (Å²) in [5.41, 5.74) is 4.69. The van der Waals surface area contributed by atoms with Crippen LogP contribution in [0.1, 0.15) is 49.7 Å². The van der Waals surface area contributed by atoms with E-state index in [9.17, 15) is 0 Å². The van der Waals surface area contributed by atoms with Crippen molar-refractivity contribution >= 4 is 5.69 Å². The molecule has 0 saturated carbocycles. The third kappa shape index (κ3) is 4.67. The smallest absolute Gasteiger partial charge is 0.0402 e. The molecule has 1 N–H and O–H groups in total. The van der Waals surface area contributed by atoms with Crippen LogP contribution >= 0.6 is 0 Å². The minimum absolute atomic E-state index is 0.738. The van der Waals surface area contributed by atoms with Crippen LogP contribution in [0.15, 0.2) is 18.2 Å². The van der Waals surface area contributed by atoms with Crippen LogP contribution in [0.25, 0.3) is 0 Å². The van der Waals surface area contributed by atoms with E-state index in [0.717, 1.165) is 18.4 Å². The molecule has 1 atom stereocenters. The average molecular weight is 371 g/mol. The topological polar surface area (TPSA) is 21.8 Å². The fourth-order valence-corrected chi connectivity index (χ4v) is 5.25. The largest absolute Gasteiger partial charge is 0.371 e. The van der Waals surface area contributed by atoms with Crippen molar-refractivity contribution < 1.29 is 0 Å². The molecule has 0 aliphatic carbocycles. The Hall–Kier alpha value is -1.10. The molecule has 3 heterocycles. The SMILES string of the molecule is CCCN1CC(CC2CCNCC2)c2cc(CN3CCN(C)CC3)ccc21. The van der Waals surface area contributed by atoms with E-state index in [1.54, 1.807) is 5.56 Å². The van der Waals surface area contributed by atoms with Gasteiger partial charge in [0.15, 0.2) is 0 Å². The number of piperidine rings is 1. The van der Waals surface area contributed by atoms with E-state index in [1.807, 2.05) is 0 Å². The van der Waals surface area contributed by atoms with Gasteiger partial charge in [-0.3, -0.25) is 4.90 Å². The summed E-state index contributed by atoms with van der Waals surface area (Å²) in [6.07, 6.45) is 5.34. The highest BCUT2D eigenvalue weighted by molar-refractivity contribution is 5.61. The van der Waals surface area contributed by atoms with Crippen molar-refractivity contribution in [2.75, 3.05) is 64.3 Å². The summed E-state index contributed by atoms with van der Waals surface area (Å²) in [5.74, 6) is 1.65. The highest BCUT2D eigenvalue weighted by atomic mass is 15.2. The van der Waals surface area contributed by atoms with Gasteiger partial charge < -0.3 is 15.1 Å². The minimum Gasteiger partial charge on any atom is -0.371 e. The zero-order valence-corrected chi connectivity index (χ0v) is 17.4. The molecule has 3 aliphatic rings. The summed E-state index contributed by atoms with van der Waals surface area (Å²) in [7, 11) is 2.24. The predicted octanol–water partition coefficient (Wildman–Crippen LogP) is 3.14. The second kappa shape index (κ2) is 8.93. The van der Waals surface area contributed by atoms with Gasteiger partial charge in [0.05, 0.1) is 0 Å². The molecule has 1 unspecified atom stereocenters. The monoisotopic (exact) mass is 370 g/mol. The molecule has 1 aromatic carbocycles. The molecule has 2 fully saturated rings. The van der Waals surface area contributed by atoms with Gasteiger partial charge in [-0.2, -0.15) is 0 Å². The van der Waals surface area contributed by atoms with Crippen LogP contribution in [0.3, 0.4) is 0 Å². The lowest BCUT2D eigenvalue weighted by atomic mass is 9.85. The van der Waals surface area contributed by atoms with Crippen LogP contribution in [-0.2, 0) is 6.54 Å². The number of anilines is 1. The first-order chi connectivity index (χ1) is 13.2. The van der Waals surface area contributed by atoms with Crippen molar-refractivity contribution in [1.29, 1.82) is 0 Å². The molecule has 0 aromatic heterocycles. The predicted molar refractivity (Wildman–Crippen MR) is 115 cm³/mol. The van der Waals surface area contributed by atoms with E-state index in [4.69, 9.17) is 0 Å². The van der Waals surface area contributed by atoms with E-state index in [2.05, 4.69) is 52.2 Å². The maximum Gasteiger partial charge on any atom is 0.0402 e. The van der Waals surface area contributed by atoms with Crippen molar-refractivity contribution in [3.63, 3.8) is 0 Å². The Kier molecular flexibility index (Phi) is 6.36. The lowest BCUT2D eigenvalue weighted by molar-refractivity contribution is 0.148. The molecule has 4 rings (SSSR count). The number of nitrogens with zero attached hydrogens (tertiary/aromatic N) is 3. The quantitative estimate of drug-likeness (QED) is 0.830. The van der Waals surface area contributed by atoms with E-state index < -0.39 is 0 Å². The second-order valence-corrected chi connectivity index (χ2v) is 9.04. The van der Waals surface area contributed by atoms with Crippen LogP contribution in [0, 0.1) is 5.92 Å². The summed E-state index contributed by atoms with van der Waals surface area (Å²) in [5, 5.41) is 3.53. The maximum atomic E-state index is 3.53. The molecule has 1 aromatic rings. The maximum absolute atomic E-state index is 3.53. The molecule has 0 radical (unpaired) electrons. The van der Waals surface area contributed by atoms with Crippen molar-refractivity contribution in [2.45, 2.75) is 45.1 Å². The summed E-state index contributed by atoms with van der Waals surface area (Å²) in [6, 6.07) is 7.39. The lowest BCUT2D eigenvalue weighted by Gasteiger charge is -2.32. The number of nitrogens with one attached hydrogen (secondary N) is 1. The molecular formula is C23H38N4. The van der Waals surface area contributed by atoms with E-state index >= 15 is 0 Å². The number of piperazine rings is 1. The number of fused-ring (bicyclic) bond motifs is 1. The Morgan fingerprint density at radius 3 is 2.59 bits per heavy atom. The van der Waals surface area contributed by atoms with Gasteiger partial charge in [-0.25, -0.2) is 0 Å². The number of likely N-dealkylation sites (N-methyl/N-ethyl adjacent to an activating group) is 1. The first-order valence-corrected chi connectivity index (χ1v) is 11.2. The van der Waals surface area contributed by atoms with Crippen LogP contribution < -0.4 is 10.2 Å². The molecule has 3 aliphatic heterocycles. The van der Waals surface area contributed by atoms with E-state index in [-0.39, 0.29) is 0 Å². The molecule has 150 valence electrons. The van der Waals surface area contributed by atoms with Gasteiger partial charge in [-0.1, -0.05) is 19.1 Å². The molecular weight excluding hydrogens is 332 g/mol. The molecule has 0 spiro atoms. The lowest BCUT2D eigenvalue weighted by Crippen LogP contribution is -2.43. The van der Waals surface area contributed by atoms with Gasteiger partial charge in [0, 0.05) is 57.4 Å². The van der Waals surface area contributed by atoms with Crippen molar-refractivity contribution in [2.24, 2.45) is 5.92 Å². The second-order valence-electron chi connectivity index (χ2n) is 9.04. The van der Waals surface area contributed by atoms with Gasteiger partial charge in [0.25, 0.3) is 0 Å². The molecule has 0 amide bonds. The fourth-order valence-electron chi connectivity index (χ4n) is 5.25. The fraction of sp³-hybridized carbons (Fsp3) is 0.739. The van der Waals surface area contributed by atoms with E-state index in [1.165, 1.54) is 89.3 Å². The normalized spacial score (nSPS) is 25.1. The molecule has 4 heteroatoms. The zero-order valence-electron chi connectivity index (χ0n) is 17.4. The molecule has 4 nitrogen and oxygen atoms in total. The number of hydrogen-bond donors (Lipinski definition) is 1. The van der Waals surface area contributed by atoms with Crippen molar-refractivity contribution in [3.05, 3.63) is 29.3 Å². The zero-order chi connectivity index (χ0) is 18.6. The Bertz CT molecular complexity index is 602. The average Bonchev–Trinajstić information content (AvgIpc) is 3.02. The first kappa shape index (κ1) is 19.2. The molecule has 2 saturated heterocycles. The van der Waals surface area contributed by atoms with Gasteiger partial charge >= 0.3 is 0 Å². The van der Waals surface area contributed by atoms with Gasteiger partial charge in [0.1, 0.15) is 0 Å². The van der Waals surface area contributed by atoms with Crippen molar-refractivity contribution in [3.8, 4) is 0 Å². The first-order valence-electron chi connectivity index (χ1n) is 11.2. The van der Waals surface area contributed by atoms with Crippen LogP contribution in [0.4, 0.5) is 5.69 Å². The van der Waals surface area contributed by atoms with Gasteiger partial charge in [-0.15, -0.1) is 0 Å². The Labute approximate surface area is 165 Å². The third-order valence-electron chi connectivity index (χ3n) is 6.89. The van der Waals surface area contributed by atoms with Crippen LogP contribution in [0.5, 0.6) is 0 Å². The summed E-state index contributed by atoms with van der Waals surface area (Å²) < 4.78 is 0. The Morgan fingerprint density at radius 1 is 1.07 bits per heavy atom. The number of benzene rings is 1. The molecule has 0 bridgehead atoms.